The van der Waals surface area contributed by atoms with Crippen LogP contribution in [-0.4, -0.2) is 20.1 Å². The second-order valence-electron chi connectivity index (χ2n) is 3.09. The molecule has 0 bridgehead atoms. The number of nitrogens with zero attached hydrogens (tertiary/aromatic N) is 1. The van der Waals surface area contributed by atoms with Crippen LogP contribution in [0.2, 0.25) is 0 Å². The molecule has 0 N–H and O–H groups in total. The normalized spacial score (nSPS) is 6.25. The smallest absolute Gasteiger partial charge is 0.545 e. The van der Waals surface area contributed by atoms with Crippen molar-refractivity contribution in [3.63, 3.8) is 0 Å². The van der Waals surface area contributed by atoms with E-state index in [2.05, 4.69) is 46.1 Å². The molecule has 0 saturated carbocycles. The fourth-order valence-electron chi connectivity index (χ4n) is 0.441. The Morgan fingerprint density at radius 1 is 1.06 bits per heavy atom. The topological polar surface area (TPSA) is 38.5 Å². The van der Waals surface area contributed by atoms with Crippen LogP contribution in [0.4, 0.5) is 0 Å². The first kappa shape index (κ1) is 29.5. The molecule has 0 aromatic rings. The second-order valence-corrected chi connectivity index (χ2v) is 3.09. The summed E-state index contributed by atoms with van der Waals surface area (Å²) >= 11 is 0. The van der Waals surface area contributed by atoms with Crippen LogP contribution < -0.4 is 0 Å². The molecule has 0 aliphatic heterocycles. The van der Waals surface area contributed by atoms with Gasteiger partial charge in [-0.15, -0.1) is 0 Å². The van der Waals surface area contributed by atoms with Gasteiger partial charge in [0.05, 0.1) is 0 Å². The summed E-state index contributed by atoms with van der Waals surface area (Å²) in [6, 6.07) is 0. The maximum Gasteiger partial charge on any atom is 4.00 e. The number of unbranched alkanes of at least 4 members (excludes halogenated alkanes) is 2. The number of hydrogen-bond donors (Lipinski definition) is 0. The van der Waals surface area contributed by atoms with Crippen molar-refractivity contribution in [2.45, 2.75) is 47.0 Å². The third-order valence-electron chi connectivity index (χ3n) is 0.873. The van der Waals surface area contributed by atoms with Gasteiger partial charge >= 0.3 is 19.5 Å². The molecule has 0 aromatic carbocycles. The Morgan fingerprint density at radius 3 is 1.56 bits per heavy atom. The van der Waals surface area contributed by atoms with E-state index in [4.69, 9.17) is 16.2 Å². The van der Waals surface area contributed by atoms with Crippen LogP contribution in [0.1, 0.15) is 47.0 Å². The van der Waals surface area contributed by atoms with Gasteiger partial charge in [0, 0.05) is 6.42 Å². The van der Waals surface area contributed by atoms with Crippen molar-refractivity contribution in [1.82, 2.24) is 0 Å². The van der Waals surface area contributed by atoms with Crippen LogP contribution in [0.3, 0.4) is 0 Å². The fourth-order valence-corrected chi connectivity index (χ4v) is 0.441. The van der Waals surface area contributed by atoms with Crippen LogP contribution in [0.25, 0.3) is 4.85 Å². The Morgan fingerprint density at radius 2 is 1.38 bits per heavy atom. The fraction of sp³-hybridized carbons (Fsp3) is 0.667. The van der Waals surface area contributed by atoms with E-state index in [0.717, 1.165) is 6.42 Å². The Kier molecular flexibility index (Phi) is 86.9. The molecule has 0 unspecified atom stereocenters. The van der Waals surface area contributed by atoms with Crippen LogP contribution in [0, 0.1) is 12.5 Å². The largest absolute Gasteiger partial charge is 4.00 e. The van der Waals surface area contributed by atoms with E-state index in [1.54, 1.807) is 0 Å². The standard InChI is InChI=1S/C6H11N.C4H9.2CHO.Ru/c1-3-4-5-6-7-2;1-4(2)3;2*1-2;/h3-6H2,1H3;1-3H3;2*1H;/q;3*-1;+4. The minimum atomic E-state index is 0. The number of carbonyl (C=O) groups excluding carboxylic acids is 2. The van der Waals surface area contributed by atoms with E-state index < -0.39 is 0 Å². The van der Waals surface area contributed by atoms with Crippen molar-refractivity contribution in [2.24, 2.45) is 0 Å². The van der Waals surface area contributed by atoms with Crippen molar-refractivity contribution >= 4 is 13.6 Å². The van der Waals surface area contributed by atoms with Crippen LogP contribution in [0.5, 0.6) is 0 Å². The van der Waals surface area contributed by atoms with Crippen LogP contribution >= 0.6 is 0 Å². The van der Waals surface area contributed by atoms with Gasteiger partial charge in [0.25, 0.3) is 0 Å². The summed E-state index contributed by atoms with van der Waals surface area (Å²) < 4.78 is 0. The molecular formula is C12H22NO2Ru+. The quantitative estimate of drug-likeness (QED) is 0.347. The molecule has 0 radical (unpaired) electrons. The molecule has 3 nitrogen and oxygen atoms in total. The maximum atomic E-state index is 7.75. The summed E-state index contributed by atoms with van der Waals surface area (Å²) in [5.74, 6) is 1.42. The summed E-state index contributed by atoms with van der Waals surface area (Å²) in [7, 11) is 0. The molecule has 0 fully saturated rings. The zero-order chi connectivity index (χ0) is 13.1. The van der Waals surface area contributed by atoms with Gasteiger partial charge in [-0.1, -0.05) is 13.3 Å². The molecule has 0 saturated heterocycles. The molecule has 0 aromatic heterocycles. The van der Waals surface area contributed by atoms with Crippen molar-refractivity contribution < 1.29 is 29.1 Å². The van der Waals surface area contributed by atoms with Gasteiger partial charge < -0.3 is 20.4 Å². The molecule has 0 aliphatic carbocycles. The zero-order valence-corrected chi connectivity index (χ0v) is 12.3. The minimum absolute atomic E-state index is 0. The Balaban J connectivity index is -0.0000000388. The number of hydrogen-bond acceptors (Lipinski definition) is 2. The van der Waals surface area contributed by atoms with Gasteiger partial charge in [0.2, 0.25) is 6.54 Å². The van der Waals surface area contributed by atoms with Gasteiger partial charge in [0.15, 0.2) is 0 Å². The predicted octanol–water partition coefficient (Wildman–Crippen LogP) is 3.17. The monoisotopic (exact) mass is 314 g/mol. The second kappa shape index (κ2) is 47.1. The van der Waals surface area contributed by atoms with Gasteiger partial charge in [-0.25, -0.2) is 6.57 Å². The molecule has 0 rings (SSSR count). The van der Waals surface area contributed by atoms with E-state index in [9.17, 15) is 0 Å². The molecule has 0 atom stereocenters. The zero-order valence-electron chi connectivity index (χ0n) is 10.6. The van der Waals surface area contributed by atoms with Crippen LogP contribution in [-0.2, 0) is 29.1 Å². The van der Waals surface area contributed by atoms with E-state index in [1.165, 1.54) is 18.8 Å². The van der Waals surface area contributed by atoms with Crippen LogP contribution in [0.15, 0.2) is 0 Å². The Bertz CT molecular complexity index is 120. The number of rotatable bonds is 3. The molecule has 4 heteroatoms. The van der Waals surface area contributed by atoms with Gasteiger partial charge in [0.1, 0.15) is 0 Å². The molecule has 0 spiro atoms. The summed E-state index contributed by atoms with van der Waals surface area (Å²) in [5, 5.41) is 0. The molecule has 0 amide bonds. The summed E-state index contributed by atoms with van der Waals surface area (Å²) in [6.07, 6.45) is 3.51. The minimum Gasteiger partial charge on any atom is -0.545 e. The molecule has 94 valence electrons. The molecule has 0 heterocycles. The molecule has 16 heavy (non-hydrogen) atoms. The van der Waals surface area contributed by atoms with Crippen molar-refractivity contribution in [3.8, 4) is 0 Å². The van der Waals surface area contributed by atoms with Crippen molar-refractivity contribution in [1.29, 1.82) is 0 Å². The summed E-state index contributed by atoms with van der Waals surface area (Å²) in [5.41, 5.74) is 0. The molecule has 0 aliphatic rings. The third-order valence-corrected chi connectivity index (χ3v) is 0.873. The first-order chi connectivity index (χ1) is 7.15. The van der Waals surface area contributed by atoms with Gasteiger partial charge in [-0.3, -0.25) is 13.6 Å². The average Bonchev–Trinajstić information content (AvgIpc) is 2.24. The average molecular weight is 313 g/mol. The Labute approximate surface area is 114 Å². The van der Waals surface area contributed by atoms with Gasteiger partial charge in [-0.2, -0.15) is 20.8 Å². The van der Waals surface area contributed by atoms with E-state index in [-0.39, 0.29) is 19.5 Å². The third kappa shape index (κ3) is 175. The van der Waals surface area contributed by atoms with E-state index in [0.29, 0.717) is 6.54 Å². The maximum absolute atomic E-state index is 7.75. The SMILES string of the molecule is C[C-](C)C.[C-]#[N+]CCCCC.[CH-]=O.[CH-]=O.[Ru+4]. The first-order valence-corrected chi connectivity index (χ1v) is 4.72. The summed E-state index contributed by atoms with van der Waals surface area (Å²) in [4.78, 5) is 18.7. The van der Waals surface area contributed by atoms with Crippen molar-refractivity contribution in [3.05, 3.63) is 17.3 Å². The summed E-state index contributed by atoms with van der Waals surface area (Å²) in [6.45, 7) is 22.0. The molecular weight excluding hydrogens is 291 g/mol. The van der Waals surface area contributed by atoms with Crippen molar-refractivity contribution in [2.75, 3.05) is 6.54 Å². The van der Waals surface area contributed by atoms with E-state index >= 15 is 0 Å². The predicted molar refractivity (Wildman–Crippen MR) is 64.8 cm³/mol. The van der Waals surface area contributed by atoms with Gasteiger partial charge in [-0.05, 0) is 6.42 Å². The first-order valence-electron chi connectivity index (χ1n) is 4.72. The van der Waals surface area contributed by atoms with E-state index in [1.807, 2.05) is 0 Å². The Hall–Kier alpha value is -0.547.